The molecule has 0 amide bonds. The van der Waals surface area contributed by atoms with Crippen molar-refractivity contribution in [2.45, 2.75) is 57.8 Å². The number of aromatic amines is 1. The van der Waals surface area contributed by atoms with Crippen LogP contribution in [-0.2, 0) is 12.8 Å². The van der Waals surface area contributed by atoms with Crippen LogP contribution in [0.2, 0.25) is 0 Å². The van der Waals surface area contributed by atoms with Gasteiger partial charge in [0.2, 0.25) is 0 Å². The molecule has 0 bridgehead atoms. The van der Waals surface area contributed by atoms with Crippen molar-refractivity contribution in [3.63, 3.8) is 0 Å². The van der Waals surface area contributed by atoms with Crippen molar-refractivity contribution in [3.8, 4) is 0 Å². The number of nitrogens with zero attached hydrogens (tertiary/aromatic N) is 1. The van der Waals surface area contributed by atoms with Crippen molar-refractivity contribution in [2.24, 2.45) is 35.5 Å². The van der Waals surface area contributed by atoms with Crippen molar-refractivity contribution in [2.75, 3.05) is 0 Å². The lowest BCUT2D eigenvalue weighted by molar-refractivity contribution is -0.00492. The van der Waals surface area contributed by atoms with E-state index >= 15 is 0 Å². The third-order valence-electron chi connectivity index (χ3n) is 7.44. The van der Waals surface area contributed by atoms with Gasteiger partial charge < -0.3 is 0 Å². The molecule has 3 fully saturated rings. The lowest BCUT2D eigenvalue weighted by Crippen LogP contribution is -2.45. The highest BCUT2D eigenvalue weighted by molar-refractivity contribution is 5.22. The molecule has 6 atom stereocenters. The van der Waals surface area contributed by atoms with E-state index in [4.69, 9.17) is 0 Å². The third-order valence-corrected chi connectivity index (χ3v) is 7.44. The number of nitrogens with one attached hydrogen (secondary N) is 1. The Bertz CT molecular complexity index is 505. The Labute approximate surface area is 121 Å². The zero-order chi connectivity index (χ0) is 13.1. The Balaban J connectivity index is 1.45. The molecule has 0 radical (unpaired) electrons. The van der Waals surface area contributed by atoms with Crippen LogP contribution in [0.4, 0.5) is 0 Å². The Kier molecular flexibility index (Phi) is 2.57. The first-order valence-electron chi connectivity index (χ1n) is 8.91. The van der Waals surface area contributed by atoms with Crippen LogP contribution >= 0.6 is 0 Å². The van der Waals surface area contributed by atoms with E-state index in [1.165, 1.54) is 37.8 Å². The van der Waals surface area contributed by atoms with Crippen LogP contribution in [0.25, 0.3) is 0 Å². The molecule has 5 rings (SSSR count). The summed E-state index contributed by atoms with van der Waals surface area (Å²) in [4.78, 5) is 0. The molecule has 0 aliphatic heterocycles. The molecular weight excluding hydrogens is 244 g/mol. The summed E-state index contributed by atoms with van der Waals surface area (Å²) in [5.41, 5.74) is 3.00. The second kappa shape index (κ2) is 4.35. The van der Waals surface area contributed by atoms with Crippen LogP contribution in [0.5, 0.6) is 0 Å². The van der Waals surface area contributed by atoms with Crippen molar-refractivity contribution in [3.05, 3.63) is 17.5 Å². The quantitative estimate of drug-likeness (QED) is 0.759. The van der Waals surface area contributed by atoms with Gasteiger partial charge >= 0.3 is 0 Å². The fourth-order valence-corrected chi connectivity index (χ4v) is 6.63. The Morgan fingerprint density at radius 3 is 2.60 bits per heavy atom. The van der Waals surface area contributed by atoms with Gasteiger partial charge in [0.25, 0.3) is 0 Å². The molecule has 20 heavy (non-hydrogen) atoms. The fraction of sp³-hybridized carbons (Fsp3) is 0.833. The minimum atomic E-state index is 0.960. The normalized spacial score (nSPS) is 46.2. The van der Waals surface area contributed by atoms with Gasteiger partial charge in [-0.15, -0.1) is 0 Å². The third kappa shape index (κ3) is 1.60. The molecule has 0 saturated heterocycles. The highest BCUT2D eigenvalue weighted by Gasteiger charge is 2.49. The maximum Gasteiger partial charge on any atom is 0.0522 e. The van der Waals surface area contributed by atoms with E-state index in [0.29, 0.717) is 0 Å². The number of fused-ring (bicyclic) bond motifs is 6. The van der Waals surface area contributed by atoms with Crippen molar-refractivity contribution < 1.29 is 0 Å². The Hall–Kier alpha value is -0.790. The molecule has 1 N–H and O–H groups in total. The number of hydrogen-bond acceptors (Lipinski definition) is 1. The summed E-state index contributed by atoms with van der Waals surface area (Å²) in [6, 6.07) is 0. The van der Waals surface area contributed by atoms with Crippen LogP contribution in [0.1, 0.15) is 56.2 Å². The standard InChI is InChI=1S/C18H26N2/c1-2-11-4-6-16-15(14(11)3-1)7-5-12-9-18-13(8-17(12)16)10-19-20-18/h10-12,14-17H,1-9H2,(H,19,20). The highest BCUT2D eigenvalue weighted by Crippen LogP contribution is 2.57. The summed E-state index contributed by atoms with van der Waals surface area (Å²) in [7, 11) is 0. The minimum absolute atomic E-state index is 0.960. The lowest BCUT2D eigenvalue weighted by atomic mass is 9.54. The molecule has 1 aromatic heterocycles. The molecule has 4 aliphatic rings. The second-order valence-corrected chi connectivity index (χ2v) is 8.04. The zero-order valence-corrected chi connectivity index (χ0v) is 12.4. The van der Waals surface area contributed by atoms with E-state index in [1.54, 1.807) is 31.2 Å². The van der Waals surface area contributed by atoms with E-state index in [-0.39, 0.29) is 0 Å². The maximum atomic E-state index is 4.29. The summed E-state index contributed by atoms with van der Waals surface area (Å²) in [5.74, 6) is 6.31. The number of aromatic nitrogens is 2. The predicted molar refractivity (Wildman–Crippen MR) is 79.3 cm³/mol. The largest absolute Gasteiger partial charge is 0.282 e. The molecule has 0 aromatic carbocycles. The summed E-state index contributed by atoms with van der Waals surface area (Å²) in [5, 5.41) is 7.54. The topological polar surface area (TPSA) is 28.7 Å². The Morgan fingerprint density at radius 2 is 1.65 bits per heavy atom. The summed E-state index contributed by atoms with van der Waals surface area (Å²) in [6.45, 7) is 0. The van der Waals surface area contributed by atoms with E-state index in [1.807, 2.05) is 0 Å². The van der Waals surface area contributed by atoms with Gasteiger partial charge in [0.15, 0.2) is 0 Å². The molecular formula is C18H26N2. The first kappa shape index (κ1) is 11.8. The Morgan fingerprint density at radius 1 is 0.800 bits per heavy atom. The van der Waals surface area contributed by atoms with Gasteiger partial charge in [-0.05, 0) is 86.0 Å². The minimum Gasteiger partial charge on any atom is -0.282 e. The summed E-state index contributed by atoms with van der Waals surface area (Å²) >= 11 is 0. The number of hydrogen-bond donors (Lipinski definition) is 1. The van der Waals surface area contributed by atoms with Crippen LogP contribution in [0, 0.1) is 35.5 Å². The summed E-state index contributed by atoms with van der Waals surface area (Å²) < 4.78 is 0. The lowest BCUT2D eigenvalue weighted by Gasteiger charge is -2.51. The summed E-state index contributed by atoms with van der Waals surface area (Å²) in [6.07, 6.45) is 15.5. The number of rotatable bonds is 0. The highest BCUT2D eigenvalue weighted by atomic mass is 15.1. The van der Waals surface area contributed by atoms with Gasteiger partial charge in [-0.2, -0.15) is 5.10 Å². The van der Waals surface area contributed by atoms with Gasteiger partial charge in [-0.3, -0.25) is 5.10 Å². The van der Waals surface area contributed by atoms with Crippen molar-refractivity contribution in [1.29, 1.82) is 0 Å². The van der Waals surface area contributed by atoms with Gasteiger partial charge in [0.1, 0.15) is 0 Å². The van der Waals surface area contributed by atoms with Gasteiger partial charge in [0.05, 0.1) is 6.20 Å². The van der Waals surface area contributed by atoms with Crippen LogP contribution in [0.3, 0.4) is 0 Å². The molecule has 2 heteroatoms. The van der Waals surface area contributed by atoms with E-state index < -0.39 is 0 Å². The van der Waals surface area contributed by atoms with Crippen LogP contribution in [0.15, 0.2) is 6.20 Å². The first-order chi connectivity index (χ1) is 9.90. The smallest absolute Gasteiger partial charge is 0.0522 e. The average Bonchev–Trinajstić information content (AvgIpc) is 3.12. The molecule has 4 aliphatic carbocycles. The van der Waals surface area contributed by atoms with E-state index in [9.17, 15) is 0 Å². The second-order valence-electron chi connectivity index (χ2n) is 8.04. The van der Waals surface area contributed by atoms with E-state index in [2.05, 4.69) is 16.4 Å². The molecule has 3 saturated carbocycles. The van der Waals surface area contributed by atoms with Crippen LogP contribution < -0.4 is 0 Å². The number of H-pyrrole nitrogens is 1. The van der Waals surface area contributed by atoms with E-state index in [0.717, 1.165) is 35.5 Å². The average molecular weight is 270 g/mol. The first-order valence-corrected chi connectivity index (χ1v) is 8.91. The molecule has 1 heterocycles. The van der Waals surface area contributed by atoms with Gasteiger partial charge in [0, 0.05) is 5.69 Å². The maximum absolute atomic E-state index is 4.29. The fourth-order valence-electron chi connectivity index (χ4n) is 6.63. The van der Waals surface area contributed by atoms with Crippen molar-refractivity contribution in [1.82, 2.24) is 10.2 Å². The van der Waals surface area contributed by atoms with Crippen molar-refractivity contribution >= 4 is 0 Å². The SMILES string of the molecule is c1n[nH]c2c1CC1C(CCC3C4CCCC4CCC13)C2. The molecule has 2 nitrogen and oxygen atoms in total. The zero-order valence-electron chi connectivity index (χ0n) is 12.4. The van der Waals surface area contributed by atoms with Crippen LogP contribution in [-0.4, -0.2) is 10.2 Å². The molecule has 6 unspecified atom stereocenters. The monoisotopic (exact) mass is 270 g/mol. The predicted octanol–water partition coefficient (Wildman–Crippen LogP) is 3.98. The van der Waals surface area contributed by atoms with Gasteiger partial charge in [-0.25, -0.2) is 0 Å². The molecule has 0 spiro atoms. The molecule has 108 valence electrons. The molecule has 1 aromatic rings. The van der Waals surface area contributed by atoms with Gasteiger partial charge in [-0.1, -0.05) is 12.8 Å².